The molecule has 7 aromatic carbocycles. The Kier molecular flexibility index (Phi) is 6.69. The summed E-state index contributed by atoms with van der Waals surface area (Å²) in [6, 6.07) is 54.9. The van der Waals surface area contributed by atoms with Crippen LogP contribution in [-0.2, 0) is 6.54 Å². The summed E-state index contributed by atoms with van der Waals surface area (Å²) in [4.78, 5) is 4.91. The van der Waals surface area contributed by atoms with Gasteiger partial charge in [-0.2, -0.15) is 0 Å². The van der Waals surface area contributed by atoms with Crippen LogP contribution in [0.5, 0.6) is 0 Å². The van der Waals surface area contributed by atoms with Gasteiger partial charge in [0.25, 0.3) is 0 Å². The highest BCUT2D eigenvalue weighted by atomic mass is 16.3. The minimum absolute atomic E-state index is 0.481. The zero-order valence-corrected chi connectivity index (χ0v) is 24.7. The van der Waals surface area contributed by atoms with Crippen molar-refractivity contribution < 1.29 is 4.42 Å². The van der Waals surface area contributed by atoms with E-state index in [2.05, 4.69) is 127 Å². The second kappa shape index (κ2) is 11.3. The zero-order chi connectivity index (χ0) is 30.2. The first-order chi connectivity index (χ1) is 22.2. The largest absolute Gasteiger partial charge is 0.455 e. The van der Waals surface area contributed by atoms with E-state index in [-0.39, 0.29) is 0 Å². The average molecular weight is 579 g/mol. The van der Waals surface area contributed by atoms with Gasteiger partial charge in [-0.1, -0.05) is 146 Å². The van der Waals surface area contributed by atoms with Gasteiger partial charge in [0, 0.05) is 21.7 Å². The molecule has 0 fully saturated rings. The molecule has 0 aliphatic rings. The minimum atomic E-state index is 0.481. The predicted molar refractivity (Wildman–Crippen MR) is 188 cm³/mol. The fraction of sp³-hybridized carbons (Fsp3) is 0.0238. The van der Waals surface area contributed by atoms with Gasteiger partial charge >= 0.3 is 0 Å². The van der Waals surface area contributed by atoms with Crippen molar-refractivity contribution in [3.05, 3.63) is 169 Å². The molecule has 3 heteroatoms. The standard InChI is InChI=1S/C42H30N2O/c43-42(44-27-28-18-20-30(21-19-28)32-24-22-31(23-25-32)29-10-3-1-4-11-29)38-26-37-34(33-12-5-2-6-13-33)15-9-16-35(37)41-40(38)36-14-7-8-17-39(36)45-41/h1-26H,27H2,(H2,43,44). The number of hydrogen-bond acceptors (Lipinski definition) is 2. The summed E-state index contributed by atoms with van der Waals surface area (Å²) in [6.45, 7) is 0.481. The van der Waals surface area contributed by atoms with Gasteiger partial charge < -0.3 is 10.2 Å². The fourth-order valence-corrected chi connectivity index (χ4v) is 6.26. The zero-order valence-electron chi connectivity index (χ0n) is 24.7. The van der Waals surface area contributed by atoms with E-state index in [0.29, 0.717) is 12.4 Å². The van der Waals surface area contributed by atoms with Crippen molar-refractivity contribution in [2.45, 2.75) is 6.54 Å². The van der Waals surface area contributed by atoms with Crippen LogP contribution in [0.4, 0.5) is 0 Å². The molecule has 1 heterocycles. The first kappa shape index (κ1) is 26.7. The molecule has 2 N–H and O–H groups in total. The molecular weight excluding hydrogens is 548 g/mol. The molecule has 8 rings (SSSR count). The van der Waals surface area contributed by atoms with E-state index in [9.17, 15) is 0 Å². The summed E-state index contributed by atoms with van der Waals surface area (Å²) in [5.41, 5.74) is 17.6. The average Bonchev–Trinajstić information content (AvgIpc) is 3.51. The van der Waals surface area contributed by atoms with E-state index < -0.39 is 0 Å². The van der Waals surface area contributed by atoms with E-state index in [1.807, 2.05) is 30.3 Å². The third-order valence-corrected chi connectivity index (χ3v) is 8.58. The van der Waals surface area contributed by atoms with Crippen molar-refractivity contribution in [2.75, 3.05) is 0 Å². The van der Waals surface area contributed by atoms with E-state index in [1.54, 1.807) is 0 Å². The van der Waals surface area contributed by atoms with Gasteiger partial charge in [0.15, 0.2) is 0 Å². The lowest BCUT2D eigenvalue weighted by atomic mass is 9.93. The third kappa shape index (κ3) is 4.95. The van der Waals surface area contributed by atoms with Crippen LogP contribution in [0.25, 0.3) is 66.1 Å². The normalized spacial score (nSPS) is 11.9. The molecule has 45 heavy (non-hydrogen) atoms. The molecule has 0 saturated carbocycles. The molecule has 3 nitrogen and oxygen atoms in total. The molecule has 0 amide bonds. The number of nitrogens with zero attached hydrogens (tertiary/aromatic N) is 1. The maximum absolute atomic E-state index is 6.83. The number of aliphatic imine (C=N–C) groups is 1. The highest BCUT2D eigenvalue weighted by Gasteiger charge is 2.18. The van der Waals surface area contributed by atoms with Crippen LogP contribution in [0.3, 0.4) is 0 Å². The van der Waals surface area contributed by atoms with Crippen LogP contribution in [0.1, 0.15) is 11.1 Å². The van der Waals surface area contributed by atoms with Crippen LogP contribution in [0.2, 0.25) is 0 Å². The van der Waals surface area contributed by atoms with Gasteiger partial charge in [-0.3, -0.25) is 4.99 Å². The Morgan fingerprint density at radius 2 is 1.07 bits per heavy atom. The molecule has 0 radical (unpaired) electrons. The maximum atomic E-state index is 6.83. The van der Waals surface area contributed by atoms with Gasteiger partial charge in [-0.25, -0.2) is 0 Å². The summed E-state index contributed by atoms with van der Waals surface area (Å²) >= 11 is 0. The molecule has 0 aliphatic carbocycles. The summed E-state index contributed by atoms with van der Waals surface area (Å²) < 4.78 is 6.49. The van der Waals surface area contributed by atoms with Crippen LogP contribution < -0.4 is 5.73 Å². The Morgan fingerprint density at radius 3 is 1.76 bits per heavy atom. The molecular formula is C42H30N2O. The monoisotopic (exact) mass is 578 g/mol. The number of benzene rings is 7. The Hall–Kier alpha value is -5.93. The lowest BCUT2D eigenvalue weighted by molar-refractivity contribution is 0.672. The molecule has 0 aliphatic heterocycles. The summed E-state index contributed by atoms with van der Waals surface area (Å²) in [7, 11) is 0. The SMILES string of the molecule is NC(=NCc1ccc(-c2ccc(-c3ccccc3)cc2)cc1)c1cc2c(-c3ccccc3)cccc2c2oc3ccccc3c12. The van der Waals surface area contributed by atoms with Crippen LogP contribution in [-0.4, -0.2) is 5.84 Å². The van der Waals surface area contributed by atoms with E-state index in [4.69, 9.17) is 15.1 Å². The highest BCUT2D eigenvalue weighted by molar-refractivity contribution is 6.25. The number of hydrogen-bond donors (Lipinski definition) is 1. The van der Waals surface area contributed by atoms with E-state index in [0.717, 1.165) is 55.0 Å². The van der Waals surface area contributed by atoms with Gasteiger partial charge in [0.2, 0.25) is 0 Å². The first-order valence-electron chi connectivity index (χ1n) is 15.2. The summed E-state index contributed by atoms with van der Waals surface area (Å²) in [5.74, 6) is 0.497. The van der Waals surface area contributed by atoms with Crippen molar-refractivity contribution in [3.8, 4) is 33.4 Å². The molecule has 0 spiro atoms. The van der Waals surface area contributed by atoms with Crippen molar-refractivity contribution in [2.24, 2.45) is 10.7 Å². The third-order valence-electron chi connectivity index (χ3n) is 8.58. The first-order valence-corrected chi connectivity index (χ1v) is 15.2. The Labute approximate surface area is 261 Å². The molecule has 0 unspecified atom stereocenters. The van der Waals surface area contributed by atoms with Gasteiger partial charge in [-0.15, -0.1) is 0 Å². The Bertz CT molecular complexity index is 2320. The number of amidine groups is 1. The molecule has 0 bridgehead atoms. The Morgan fingerprint density at radius 1 is 0.511 bits per heavy atom. The molecule has 214 valence electrons. The smallest absolute Gasteiger partial charge is 0.144 e. The van der Waals surface area contributed by atoms with Crippen molar-refractivity contribution in [3.63, 3.8) is 0 Å². The van der Waals surface area contributed by atoms with E-state index in [1.165, 1.54) is 22.3 Å². The Balaban J connectivity index is 1.15. The number of rotatable bonds is 6. The van der Waals surface area contributed by atoms with Gasteiger partial charge in [0.1, 0.15) is 17.0 Å². The molecule has 8 aromatic rings. The van der Waals surface area contributed by atoms with Crippen LogP contribution >= 0.6 is 0 Å². The molecule has 0 saturated heterocycles. The summed E-state index contributed by atoms with van der Waals surface area (Å²) in [5, 5.41) is 4.19. The lowest BCUT2D eigenvalue weighted by Crippen LogP contribution is -2.14. The van der Waals surface area contributed by atoms with Crippen LogP contribution in [0, 0.1) is 0 Å². The second-order valence-electron chi connectivity index (χ2n) is 11.3. The summed E-state index contributed by atoms with van der Waals surface area (Å²) in [6.07, 6.45) is 0. The topological polar surface area (TPSA) is 51.5 Å². The lowest BCUT2D eigenvalue weighted by Gasteiger charge is -2.11. The van der Waals surface area contributed by atoms with Crippen LogP contribution in [0.15, 0.2) is 167 Å². The predicted octanol–water partition coefficient (Wildman–Crippen LogP) is 10.6. The second-order valence-corrected chi connectivity index (χ2v) is 11.3. The fourth-order valence-electron chi connectivity index (χ4n) is 6.26. The molecule has 0 atom stereocenters. The van der Waals surface area contributed by atoms with Crippen molar-refractivity contribution in [1.82, 2.24) is 0 Å². The van der Waals surface area contributed by atoms with Gasteiger partial charge in [0.05, 0.1) is 6.54 Å². The maximum Gasteiger partial charge on any atom is 0.144 e. The quantitative estimate of drug-likeness (QED) is 0.158. The minimum Gasteiger partial charge on any atom is -0.455 e. The van der Waals surface area contributed by atoms with Gasteiger partial charge in [-0.05, 0) is 56.5 Å². The number of fused-ring (bicyclic) bond motifs is 5. The molecule has 1 aromatic heterocycles. The van der Waals surface area contributed by atoms with E-state index >= 15 is 0 Å². The van der Waals surface area contributed by atoms with Crippen molar-refractivity contribution in [1.29, 1.82) is 0 Å². The highest BCUT2D eigenvalue weighted by Crippen LogP contribution is 2.40. The van der Waals surface area contributed by atoms with Crippen molar-refractivity contribution >= 4 is 38.5 Å². The number of para-hydroxylation sites is 1. The number of furan rings is 1. The number of nitrogens with two attached hydrogens (primary N) is 1.